The Morgan fingerprint density at radius 3 is 2.81 bits per heavy atom. The van der Waals surface area contributed by atoms with E-state index in [4.69, 9.17) is 5.84 Å². The number of aryl methyl sites for hydroxylation is 2. The van der Waals surface area contributed by atoms with E-state index in [1.165, 1.54) is 17.8 Å². The van der Waals surface area contributed by atoms with Crippen molar-refractivity contribution in [3.05, 3.63) is 33.1 Å². The van der Waals surface area contributed by atoms with Crippen LogP contribution in [0.25, 0.3) is 10.2 Å². The summed E-state index contributed by atoms with van der Waals surface area (Å²) >= 11 is 2.84. The van der Waals surface area contributed by atoms with E-state index in [0.717, 1.165) is 15.1 Å². The van der Waals surface area contributed by atoms with Crippen molar-refractivity contribution in [3.8, 4) is 0 Å². The van der Waals surface area contributed by atoms with Crippen molar-refractivity contribution in [2.24, 2.45) is 5.84 Å². The largest absolute Gasteiger partial charge is 0.301 e. The number of aromatic amines is 1. The van der Waals surface area contributed by atoms with Crippen LogP contribution in [0.3, 0.4) is 0 Å². The fraction of sp³-hybridized carbons (Fsp3) is 0.167. The molecule has 0 saturated carbocycles. The number of hydrogen-bond acceptors (Lipinski definition) is 8. The van der Waals surface area contributed by atoms with E-state index < -0.39 is 0 Å². The topological polar surface area (TPSA) is 110 Å². The first-order chi connectivity index (χ1) is 10.0. The zero-order valence-electron chi connectivity index (χ0n) is 11.3. The smallest absolute Gasteiger partial charge is 0.251 e. The second-order valence-corrected chi connectivity index (χ2v) is 6.58. The minimum atomic E-state index is -0.186. The number of nitrogen functional groups attached to an aromatic ring is 1. The standard InChI is InChI=1S/C12H12N6OS2/c1-5-3-8(19)15-12(14-5)21-10-7-4-6(2)20-9(7)16-11(17-10)18-13/h3-4H,13H2,1-2H3,(H,14,15,19)(H,16,17,18). The average molecular weight is 320 g/mol. The Labute approximate surface area is 128 Å². The molecule has 9 heteroatoms. The van der Waals surface area contributed by atoms with Crippen molar-refractivity contribution in [1.29, 1.82) is 0 Å². The highest BCUT2D eigenvalue weighted by Gasteiger charge is 2.13. The lowest BCUT2D eigenvalue weighted by molar-refractivity contribution is 0.902. The van der Waals surface area contributed by atoms with Gasteiger partial charge in [0.05, 0.1) is 0 Å². The van der Waals surface area contributed by atoms with Crippen molar-refractivity contribution in [2.75, 3.05) is 5.43 Å². The molecular formula is C12H12N6OS2. The molecule has 0 unspecified atom stereocenters. The van der Waals surface area contributed by atoms with Gasteiger partial charge in [-0.05, 0) is 31.7 Å². The van der Waals surface area contributed by atoms with Gasteiger partial charge in [-0.3, -0.25) is 10.2 Å². The summed E-state index contributed by atoms with van der Waals surface area (Å²) in [5.74, 6) is 5.74. The molecule has 0 fully saturated rings. The quantitative estimate of drug-likeness (QED) is 0.292. The van der Waals surface area contributed by atoms with Gasteiger partial charge in [0.1, 0.15) is 9.86 Å². The Hall–Kier alpha value is -1.97. The van der Waals surface area contributed by atoms with Crippen molar-refractivity contribution >= 4 is 39.3 Å². The molecule has 0 saturated heterocycles. The fourth-order valence-corrected chi connectivity index (χ4v) is 3.72. The van der Waals surface area contributed by atoms with Gasteiger partial charge in [-0.15, -0.1) is 11.3 Å². The molecule has 0 amide bonds. The minimum absolute atomic E-state index is 0.186. The van der Waals surface area contributed by atoms with E-state index in [1.54, 1.807) is 18.3 Å². The molecule has 3 heterocycles. The number of fused-ring (bicyclic) bond motifs is 1. The average Bonchev–Trinajstić information content (AvgIpc) is 2.78. The predicted octanol–water partition coefficient (Wildman–Crippen LogP) is 1.83. The van der Waals surface area contributed by atoms with Crippen molar-refractivity contribution in [2.45, 2.75) is 24.0 Å². The van der Waals surface area contributed by atoms with Gasteiger partial charge in [-0.2, -0.15) is 0 Å². The first-order valence-electron chi connectivity index (χ1n) is 6.06. The molecule has 4 N–H and O–H groups in total. The molecule has 3 aromatic rings. The summed E-state index contributed by atoms with van der Waals surface area (Å²) in [6.45, 7) is 3.78. The number of aromatic nitrogens is 4. The van der Waals surface area contributed by atoms with Crippen LogP contribution in [0.1, 0.15) is 10.6 Å². The van der Waals surface area contributed by atoms with E-state index >= 15 is 0 Å². The lowest BCUT2D eigenvalue weighted by Gasteiger charge is -2.05. The number of rotatable bonds is 3. The Bertz CT molecular complexity index is 872. The summed E-state index contributed by atoms with van der Waals surface area (Å²) in [6, 6.07) is 3.46. The maximum atomic E-state index is 11.5. The monoisotopic (exact) mass is 320 g/mol. The highest BCUT2D eigenvalue weighted by Crippen LogP contribution is 2.34. The van der Waals surface area contributed by atoms with E-state index in [9.17, 15) is 4.79 Å². The summed E-state index contributed by atoms with van der Waals surface area (Å²) < 4.78 is 0. The number of hydrogen-bond donors (Lipinski definition) is 3. The van der Waals surface area contributed by atoms with Crippen molar-refractivity contribution in [1.82, 2.24) is 19.9 Å². The highest BCUT2D eigenvalue weighted by molar-refractivity contribution is 7.99. The zero-order valence-corrected chi connectivity index (χ0v) is 12.9. The normalized spacial score (nSPS) is 11.0. The van der Waals surface area contributed by atoms with Gasteiger partial charge in [0.15, 0.2) is 5.16 Å². The zero-order chi connectivity index (χ0) is 15.0. The van der Waals surface area contributed by atoms with Crippen LogP contribution in [0.2, 0.25) is 0 Å². The van der Waals surface area contributed by atoms with Crippen molar-refractivity contribution < 1.29 is 0 Å². The minimum Gasteiger partial charge on any atom is -0.301 e. The molecule has 7 nitrogen and oxygen atoms in total. The van der Waals surface area contributed by atoms with Crippen molar-refractivity contribution in [3.63, 3.8) is 0 Å². The molecule has 108 valence electrons. The molecule has 0 atom stereocenters. The van der Waals surface area contributed by atoms with Crippen LogP contribution >= 0.6 is 23.1 Å². The van der Waals surface area contributed by atoms with Gasteiger partial charge in [-0.1, -0.05) is 0 Å². The van der Waals surface area contributed by atoms with Crippen LogP contribution in [0.15, 0.2) is 27.1 Å². The molecule has 3 aromatic heterocycles. The summed E-state index contributed by atoms with van der Waals surface area (Å²) in [6.07, 6.45) is 0. The Kier molecular flexibility index (Phi) is 3.62. The third kappa shape index (κ3) is 2.89. The molecule has 0 spiro atoms. The number of nitrogens with one attached hydrogen (secondary N) is 2. The second-order valence-electron chi connectivity index (χ2n) is 4.37. The van der Waals surface area contributed by atoms with E-state index in [0.29, 0.717) is 21.8 Å². The highest BCUT2D eigenvalue weighted by atomic mass is 32.2. The molecule has 21 heavy (non-hydrogen) atoms. The summed E-state index contributed by atoms with van der Waals surface area (Å²) in [4.78, 5) is 29.1. The number of thiophene rings is 1. The number of H-pyrrole nitrogens is 1. The fourth-order valence-electron chi connectivity index (χ4n) is 1.85. The Morgan fingerprint density at radius 1 is 1.29 bits per heavy atom. The van der Waals surface area contributed by atoms with Crippen LogP contribution < -0.4 is 16.8 Å². The Morgan fingerprint density at radius 2 is 2.10 bits per heavy atom. The SMILES string of the molecule is Cc1cc(=O)[nH]c(Sc2nc(NN)nc3sc(C)cc23)n1. The summed E-state index contributed by atoms with van der Waals surface area (Å²) in [7, 11) is 0. The number of anilines is 1. The molecular weight excluding hydrogens is 308 g/mol. The second kappa shape index (κ2) is 5.43. The molecule has 3 rings (SSSR count). The number of hydrazine groups is 1. The van der Waals surface area contributed by atoms with E-state index in [2.05, 4.69) is 25.4 Å². The first kappa shape index (κ1) is 14.0. The lowest BCUT2D eigenvalue weighted by atomic mass is 10.4. The maximum absolute atomic E-state index is 11.5. The molecule has 0 aliphatic rings. The van der Waals surface area contributed by atoms with E-state index in [1.807, 2.05) is 13.0 Å². The number of nitrogens with zero attached hydrogens (tertiary/aromatic N) is 3. The van der Waals surface area contributed by atoms with Gasteiger partial charge in [-0.25, -0.2) is 20.8 Å². The van der Waals surface area contributed by atoms with Gasteiger partial charge >= 0.3 is 0 Å². The van der Waals surface area contributed by atoms with Gasteiger partial charge in [0, 0.05) is 22.0 Å². The third-order valence-electron chi connectivity index (χ3n) is 2.65. The predicted molar refractivity (Wildman–Crippen MR) is 83.7 cm³/mol. The molecule has 0 radical (unpaired) electrons. The van der Waals surface area contributed by atoms with Crippen LogP contribution in [-0.4, -0.2) is 19.9 Å². The van der Waals surface area contributed by atoms with Gasteiger partial charge < -0.3 is 4.98 Å². The Balaban J connectivity index is 2.12. The molecule has 0 aliphatic heterocycles. The maximum Gasteiger partial charge on any atom is 0.251 e. The van der Waals surface area contributed by atoms with Crippen LogP contribution in [-0.2, 0) is 0 Å². The molecule has 0 bridgehead atoms. The van der Waals surface area contributed by atoms with Crippen LogP contribution in [0.5, 0.6) is 0 Å². The van der Waals surface area contributed by atoms with Gasteiger partial charge in [0.2, 0.25) is 5.95 Å². The third-order valence-corrected chi connectivity index (χ3v) is 4.49. The summed E-state index contributed by atoms with van der Waals surface area (Å²) in [5.41, 5.74) is 2.93. The van der Waals surface area contributed by atoms with Crippen LogP contribution in [0.4, 0.5) is 5.95 Å². The number of nitrogens with two attached hydrogens (primary N) is 1. The first-order valence-corrected chi connectivity index (χ1v) is 7.69. The lowest BCUT2D eigenvalue weighted by Crippen LogP contribution is -2.11. The molecule has 0 aromatic carbocycles. The van der Waals surface area contributed by atoms with Crippen LogP contribution in [0, 0.1) is 13.8 Å². The summed E-state index contributed by atoms with van der Waals surface area (Å²) in [5, 5.41) is 2.11. The molecule has 0 aliphatic carbocycles. The van der Waals surface area contributed by atoms with E-state index in [-0.39, 0.29) is 5.56 Å². The van der Waals surface area contributed by atoms with Gasteiger partial charge in [0.25, 0.3) is 5.56 Å².